The summed E-state index contributed by atoms with van der Waals surface area (Å²) in [5.41, 5.74) is 0.352. The first-order valence-electron chi connectivity index (χ1n) is 6.68. The van der Waals surface area contributed by atoms with Crippen LogP contribution >= 0.6 is 0 Å². The summed E-state index contributed by atoms with van der Waals surface area (Å²) in [6, 6.07) is 7.07. The van der Waals surface area contributed by atoms with E-state index in [4.69, 9.17) is 4.42 Å². The van der Waals surface area contributed by atoms with E-state index < -0.39 is 0 Å². The molecule has 1 heterocycles. The average Bonchev–Trinajstić information content (AvgIpc) is 2.79. The molecular formula is C15H21FN2O. The molecule has 0 aliphatic rings. The number of rotatable bonds is 6. The van der Waals surface area contributed by atoms with Crippen LogP contribution in [0, 0.1) is 5.82 Å². The molecule has 3 nitrogen and oxygen atoms in total. The number of hydrogen-bond donors (Lipinski definition) is 1. The zero-order chi connectivity index (χ0) is 13.8. The summed E-state index contributed by atoms with van der Waals surface area (Å²) in [4.78, 5) is 2.13. The molecule has 0 aliphatic heterocycles. The van der Waals surface area contributed by atoms with Gasteiger partial charge in [-0.05, 0) is 45.7 Å². The van der Waals surface area contributed by atoms with Crippen molar-refractivity contribution in [3.8, 4) is 0 Å². The lowest BCUT2D eigenvalue weighted by Gasteiger charge is -2.18. The van der Waals surface area contributed by atoms with E-state index in [-0.39, 0.29) is 11.9 Å². The summed E-state index contributed by atoms with van der Waals surface area (Å²) in [5, 5.41) is 4.21. The van der Waals surface area contributed by atoms with Gasteiger partial charge in [0.15, 0.2) is 11.4 Å². The Hall–Kier alpha value is -1.39. The molecule has 104 valence electrons. The average molecular weight is 264 g/mol. The first kappa shape index (κ1) is 14.0. The van der Waals surface area contributed by atoms with Crippen molar-refractivity contribution in [1.29, 1.82) is 0 Å². The summed E-state index contributed by atoms with van der Waals surface area (Å²) in [5.74, 6) is 0.510. The standard InChI is InChI=1S/C15H21FN2O/c1-4-17-13(8-9-18(2)3)14-10-11-6-5-7-12(16)15(11)19-14/h5-7,10,13,17H,4,8-9H2,1-3H3. The Kier molecular flexibility index (Phi) is 4.56. The molecule has 0 saturated heterocycles. The van der Waals surface area contributed by atoms with Gasteiger partial charge < -0.3 is 14.6 Å². The van der Waals surface area contributed by atoms with Crippen LogP contribution in [-0.4, -0.2) is 32.1 Å². The number of para-hydroxylation sites is 1. The van der Waals surface area contributed by atoms with E-state index in [9.17, 15) is 4.39 Å². The van der Waals surface area contributed by atoms with Gasteiger partial charge in [-0.3, -0.25) is 0 Å². The maximum atomic E-state index is 13.6. The van der Waals surface area contributed by atoms with Gasteiger partial charge in [0.1, 0.15) is 5.76 Å². The van der Waals surface area contributed by atoms with Gasteiger partial charge in [-0.25, -0.2) is 4.39 Å². The molecular weight excluding hydrogens is 243 g/mol. The number of benzene rings is 1. The van der Waals surface area contributed by atoms with Gasteiger partial charge in [0.25, 0.3) is 0 Å². The van der Waals surface area contributed by atoms with E-state index in [1.807, 2.05) is 26.2 Å². The second-order valence-electron chi connectivity index (χ2n) is 5.01. The van der Waals surface area contributed by atoms with Crippen LogP contribution in [-0.2, 0) is 0 Å². The van der Waals surface area contributed by atoms with Crippen molar-refractivity contribution >= 4 is 11.0 Å². The second-order valence-corrected chi connectivity index (χ2v) is 5.01. The van der Waals surface area contributed by atoms with E-state index in [0.717, 1.165) is 30.7 Å². The number of furan rings is 1. The van der Waals surface area contributed by atoms with Gasteiger partial charge in [-0.2, -0.15) is 0 Å². The van der Waals surface area contributed by atoms with Crippen LogP contribution in [0.25, 0.3) is 11.0 Å². The van der Waals surface area contributed by atoms with Crippen LogP contribution in [0.3, 0.4) is 0 Å². The van der Waals surface area contributed by atoms with Crippen molar-refractivity contribution < 1.29 is 8.81 Å². The molecule has 0 spiro atoms. The van der Waals surface area contributed by atoms with Gasteiger partial charge in [0.2, 0.25) is 0 Å². The first-order valence-corrected chi connectivity index (χ1v) is 6.68. The fourth-order valence-corrected chi connectivity index (χ4v) is 2.20. The summed E-state index contributed by atoms with van der Waals surface area (Å²) in [7, 11) is 4.09. The number of nitrogens with zero attached hydrogens (tertiary/aromatic N) is 1. The normalized spacial score (nSPS) is 13.3. The minimum atomic E-state index is -0.299. The molecule has 1 atom stereocenters. The monoisotopic (exact) mass is 264 g/mol. The van der Waals surface area contributed by atoms with Crippen LogP contribution in [0.5, 0.6) is 0 Å². The summed E-state index contributed by atoms with van der Waals surface area (Å²) in [6.07, 6.45) is 0.933. The quantitative estimate of drug-likeness (QED) is 0.868. The molecule has 0 amide bonds. The summed E-state index contributed by atoms with van der Waals surface area (Å²) < 4.78 is 19.3. The van der Waals surface area contributed by atoms with Crippen LogP contribution in [0.15, 0.2) is 28.7 Å². The van der Waals surface area contributed by atoms with Gasteiger partial charge in [-0.1, -0.05) is 19.1 Å². The maximum Gasteiger partial charge on any atom is 0.169 e. The molecule has 2 rings (SSSR count). The Morgan fingerprint density at radius 1 is 1.37 bits per heavy atom. The van der Waals surface area contributed by atoms with Crippen molar-refractivity contribution in [2.45, 2.75) is 19.4 Å². The minimum Gasteiger partial charge on any atom is -0.456 e. The Labute approximate surface area is 113 Å². The topological polar surface area (TPSA) is 28.4 Å². The maximum absolute atomic E-state index is 13.6. The Morgan fingerprint density at radius 2 is 2.16 bits per heavy atom. The fourth-order valence-electron chi connectivity index (χ4n) is 2.20. The molecule has 0 saturated carbocycles. The Bertz CT molecular complexity index is 536. The summed E-state index contributed by atoms with van der Waals surface area (Å²) in [6.45, 7) is 3.88. The molecule has 0 aliphatic carbocycles. The van der Waals surface area contributed by atoms with Crippen molar-refractivity contribution in [1.82, 2.24) is 10.2 Å². The molecule has 1 unspecified atom stereocenters. The molecule has 2 aromatic rings. The lowest BCUT2D eigenvalue weighted by atomic mass is 10.1. The number of halogens is 1. The van der Waals surface area contributed by atoms with Gasteiger partial charge in [0.05, 0.1) is 6.04 Å². The molecule has 19 heavy (non-hydrogen) atoms. The SMILES string of the molecule is CCNC(CCN(C)C)c1cc2cccc(F)c2o1. The molecule has 1 aromatic carbocycles. The highest BCUT2D eigenvalue weighted by Crippen LogP contribution is 2.27. The first-order chi connectivity index (χ1) is 9.11. The molecule has 1 aromatic heterocycles. The molecule has 0 bridgehead atoms. The molecule has 1 N–H and O–H groups in total. The highest BCUT2D eigenvalue weighted by atomic mass is 19.1. The third-order valence-electron chi connectivity index (χ3n) is 3.17. The highest BCUT2D eigenvalue weighted by Gasteiger charge is 2.17. The fraction of sp³-hybridized carbons (Fsp3) is 0.467. The summed E-state index contributed by atoms with van der Waals surface area (Å²) >= 11 is 0. The van der Waals surface area contributed by atoms with E-state index >= 15 is 0 Å². The van der Waals surface area contributed by atoms with E-state index in [1.54, 1.807) is 6.07 Å². The molecule has 0 radical (unpaired) electrons. The third-order valence-corrected chi connectivity index (χ3v) is 3.17. The van der Waals surface area contributed by atoms with Crippen LogP contribution in [0.1, 0.15) is 25.1 Å². The van der Waals surface area contributed by atoms with Crippen molar-refractivity contribution in [3.05, 3.63) is 35.8 Å². The Morgan fingerprint density at radius 3 is 2.79 bits per heavy atom. The number of fused-ring (bicyclic) bond motifs is 1. The van der Waals surface area contributed by atoms with Crippen molar-refractivity contribution in [2.75, 3.05) is 27.2 Å². The Balaban J connectivity index is 2.25. The van der Waals surface area contributed by atoms with Crippen molar-refractivity contribution in [2.24, 2.45) is 0 Å². The third kappa shape index (κ3) is 3.33. The molecule has 0 fully saturated rings. The molecule has 4 heteroatoms. The zero-order valence-electron chi connectivity index (χ0n) is 11.7. The van der Waals surface area contributed by atoms with Crippen LogP contribution in [0.2, 0.25) is 0 Å². The zero-order valence-corrected chi connectivity index (χ0v) is 11.7. The second kappa shape index (κ2) is 6.17. The smallest absolute Gasteiger partial charge is 0.169 e. The van der Waals surface area contributed by atoms with Crippen molar-refractivity contribution in [3.63, 3.8) is 0 Å². The lowest BCUT2D eigenvalue weighted by Crippen LogP contribution is -2.25. The minimum absolute atomic E-state index is 0.124. The number of nitrogens with one attached hydrogen (secondary N) is 1. The predicted molar refractivity (Wildman–Crippen MR) is 75.8 cm³/mol. The van der Waals surface area contributed by atoms with Gasteiger partial charge >= 0.3 is 0 Å². The lowest BCUT2D eigenvalue weighted by molar-refractivity contribution is 0.338. The van der Waals surface area contributed by atoms with Gasteiger partial charge in [0, 0.05) is 5.39 Å². The van der Waals surface area contributed by atoms with E-state index in [0.29, 0.717) is 5.58 Å². The van der Waals surface area contributed by atoms with Gasteiger partial charge in [-0.15, -0.1) is 0 Å². The van der Waals surface area contributed by atoms with Crippen LogP contribution in [0.4, 0.5) is 4.39 Å². The van der Waals surface area contributed by atoms with Crippen LogP contribution < -0.4 is 5.32 Å². The van der Waals surface area contributed by atoms with E-state index in [2.05, 4.69) is 17.1 Å². The highest BCUT2D eigenvalue weighted by molar-refractivity contribution is 5.78. The number of hydrogen-bond acceptors (Lipinski definition) is 3. The largest absolute Gasteiger partial charge is 0.456 e. The van der Waals surface area contributed by atoms with E-state index in [1.165, 1.54) is 6.07 Å². The predicted octanol–water partition coefficient (Wildman–Crippen LogP) is 3.17.